The summed E-state index contributed by atoms with van der Waals surface area (Å²) in [5.74, 6) is 0.493. The highest BCUT2D eigenvalue weighted by atomic mass is 16.5. The van der Waals surface area contributed by atoms with Crippen LogP contribution in [0.5, 0.6) is 0 Å². The van der Waals surface area contributed by atoms with Crippen LogP contribution in [-0.2, 0) is 4.74 Å². The minimum absolute atomic E-state index is 0.0274. The Balaban J connectivity index is 2.06. The third kappa shape index (κ3) is 3.77. The summed E-state index contributed by atoms with van der Waals surface area (Å²) in [4.78, 5) is 18.4. The zero-order valence-electron chi connectivity index (χ0n) is 12.3. The molecule has 0 unspecified atom stereocenters. The summed E-state index contributed by atoms with van der Waals surface area (Å²) < 4.78 is 5.00. The van der Waals surface area contributed by atoms with E-state index in [0.29, 0.717) is 24.6 Å². The van der Waals surface area contributed by atoms with Crippen molar-refractivity contribution < 1.29 is 9.53 Å². The van der Waals surface area contributed by atoms with Gasteiger partial charge in [-0.15, -0.1) is 0 Å². The highest BCUT2D eigenvalue weighted by Crippen LogP contribution is 2.24. The maximum Gasteiger partial charge on any atom is 0.253 e. The van der Waals surface area contributed by atoms with Gasteiger partial charge in [-0.05, 0) is 38.1 Å². The van der Waals surface area contributed by atoms with Gasteiger partial charge in [-0.1, -0.05) is 0 Å². The molecule has 1 aliphatic heterocycles. The molecule has 2 rings (SSSR count). The van der Waals surface area contributed by atoms with Crippen molar-refractivity contribution in [1.82, 2.24) is 15.2 Å². The number of nitrogens with one attached hydrogen (secondary N) is 1. The monoisotopic (exact) mass is 277 g/mol. The standard InChI is InChI=1S/C15H23N3O2/c1-18(9-10-20-2)15(19)13-5-8-17-14(11-13)12-3-6-16-7-4-12/h5,8,11-12,16H,3-4,6-7,9-10H2,1-2H3. The molecule has 0 aromatic carbocycles. The fourth-order valence-electron chi connectivity index (χ4n) is 2.47. The lowest BCUT2D eigenvalue weighted by atomic mass is 9.93. The second kappa shape index (κ2) is 7.36. The smallest absolute Gasteiger partial charge is 0.253 e. The lowest BCUT2D eigenvalue weighted by Crippen LogP contribution is -2.30. The Morgan fingerprint density at radius 3 is 2.95 bits per heavy atom. The number of hydrogen-bond acceptors (Lipinski definition) is 4. The Morgan fingerprint density at radius 1 is 1.50 bits per heavy atom. The largest absolute Gasteiger partial charge is 0.383 e. The van der Waals surface area contributed by atoms with Gasteiger partial charge < -0.3 is 15.0 Å². The number of rotatable bonds is 5. The van der Waals surface area contributed by atoms with E-state index in [9.17, 15) is 4.79 Å². The Kier molecular flexibility index (Phi) is 5.49. The van der Waals surface area contributed by atoms with Crippen molar-refractivity contribution in [3.63, 3.8) is 0 Å². The molecular weight excluding hydrogens is 254 g/mol. The Labute approximate surface area is 120 Å². The van der Waals surface area contributed by atoms with Gasteiger partial charge in [0, 0.05) is 44.1 Å². The molecule has 1 fully saturated rings. The van der Waals surface area contributed by atoms with Crippen LogP contribution in [-0.4, -0.2) is 56.2 Å². The summed E-state index contributed by atoms with van der Waals surface area (Å²) in [7, 11) is 3.44. The van der Waals surface area contributed by atoms with E-state index < -0.39 is 0 Å². The fourth-order valence-corrected chi connectivity index (χ4v) is 2.47. The van der Waals surface area contributed by atoms with Crippen LogP contribution in [0, 0.1) is 0 Å². The van der Waals surface area contributed by atoms with Crippen LogP contribution in [0.3, 0.4) is 0 Å². The minimum Gasteiger partial charge on any atom is -0.383 e. The van der Waals surface area contributed by atoms with Crippen molar-refractivity contribution in [3.05, 3.63) is 29.6 Å². The number of pyridine rings is 1. The first-order valence-corrected chi connectivity index (χ1v) is 7.13. The first-order chi connectivity index (χ1) is 9.72. The van der Waals surface area contributed by atoms with Gasteiger partial charge >= 0.3 is 0 Å². The Bertz CT molecular complexity index is 444. The van der Waals surface area contributed by atoms with Gasteiger partial charge in [0.05, 0.1) is 6.61 Å². The number of nitrogens with zero attached hydrogens (tertiary/aromatic N) is 2. The number of piperidine rings is 1. The highest BCUT2D eigenvalue weighted by Gasteiger charge is 2.18. The van der Waals surface area contributed by atoms with Gasteiger partial charge in [-0.25, -0.2) is 0 Å². The third-order valence-electron chi connectivity index (χ3n) is 3.76. The van der Waals surface area contributed by atoms with Crippen LogP contribution in [0.4, 0.5) is 0 Å². The molecule has 1 aromatic heterocycles. The maximum atomic E-state index is 12.3. The highest BCUT2D eigenvalue weighted by molar-refractivity contribution is 5.94. The van der Waals surface area contributed by atoms with Gasteiger partial charge in [0.15, 0.2) is 0 Å². The number of aromatic nitrogens is 1. The summed E-state index contributed by atoms with van der Waals surface area (Å²) >= 11 is 0. The van der Waals surface area contributed by atoms with Crippen molar-refractivity contribution >= 4 is 5.91 Å². The van der Waals surface area contributed by atoms with E-state index in [4.69, 9.17) is 4.74 Å². The predicted molar refractivity (Wildman–Crippen MR) is 77.9 cm³/mol. The quantitative estimate of drug-likeness (QED) is 0.880. The van der Waals surface area contributed by atoms with Crippen LogP contribution in [0.2, 0.25) is 0 Å². The van der Waals surface area contributed by atoms with E-state index >= 15 is 0 Å². The van der Waals surface area contributed by atoms with Crippen molar-refractivity contribution in [3.8, 4) is 0 Å². The molecule has 0 saturated carbocycles. The van der Waals surface area contributed by atoms with Crippen LogP contribution in [0.15, 0.2) is 18.3 Å². The normalized spacial score (nSPS) is 16.1. The van der Waals surface area contributed by atoms with Gasteiger partial charge in [-0.2, -0.15) is 0 Å². The predicted octanol–water partition coefficient (Wildman–Crippen LogP) is 1.27. The lowest BCUT2D eigenvalue weighted by Gasteiger charge is -2.23. The molecule has 1 aliphatic rings. The molecule has 1 amide bonds. The number of likely N-dealkylation sites (N-methyl/N-ethyl adjacent to an activating group) is 1. The average Bonchev–Trinajstić information content (AvgIpc) is 2.53. The topological polar surface area (TPSA) is 54.5 Å². The molecule has 0 atom stereocenters. The zero-order chi connectivity index (χ0) is 14.4. The van der Waals surface area contributed by atoms with Crippen molar-refractivity contribution in [2.45, 2.75) is 18.8 Å². The second-order valence-electron chi connectivity index (χ2n) is 5.21. The van der Waals surface area contributed by atoms with E-state index in [1.54, 1.807) is 31.3 Å². The van der Waals surface area contributed by atoms with Crippen molar-refractivity contribution in [1.29, 1.82) is 0 Å². The molecule has 1 N–H and O–H groups in total. The Morgan fingerprint density at radius 2 is 2.25 bits per heavy atom. The lowest BCUT2D eigenvalue weighted by molar-refractivity contribution is 0.0744. The number of carbonyl (C=O) groups is 1. The molecule has 0 bridgehead atoms. The maximum absolute atomic E-state index is 12.3. The van der Waals surface area contributed by atoms with Crippen LogP contribution < -0.4 is 5.32 Å². The Hall–Kier alpha value is -1.46. The number of hydrogen-bond donors (Lipinski definition) is 1. The van der Waals surface area contributed by atoms with E-state index in [1.165, 1.54) is 0 Å². The minimum atomic E-state index is 0.0274. The molecule has 1 saturated heterocycles. The van der Waals surface area contributed by atoms with E-state index in [1.807, 2.05) is 6.07 Å². The van der Waals surface area contributed by atoms with Crippen LogP contribution >= 0.6 is 0 Å². The summed E-state index contributed by atoms with van der Waals surface area (Å²) in [6.07, 6.45) is 3.92. The van der Waals surface area contributed by atoms with E-state index in [-0.39, 0.29) is 5.91 Å². The first kappa shape index (κ1) is 14.9. The molecule has 20 heavy (non-hydrogen) atoms. The summed E-state index contributed by atoms with van der Waals surface area (Å²) in [5, 5.41) is 3.35. The third-order valence-corrected chi connectivity index (χ3v) is 3.76. The molecule has 0 spiro atoms. The fraction of sp³-hybridized carbons (Fsp3) is 0.600. The molecule has 0 radical (unpaired) electrons. The first-order valence-electron chi connectivity index (χ1n) is 7.13. The molecule has 110 valence electrons. The van der Waals surface area contributed by atoms with Gasteiger partial charge in [0.25, 0.3) is 5.91 Å². The second-order valence-corrected chi connectivity index (χ2v) is 5.21. The molecule has 5 nitrogen and oxygen atoms in total. The summed E-state index contributed by atoms with van der Waals surface area (Å²) in [5.41, 5.74) is 1.75. The molecule has 2 heterocycles. The van der Waals surface area contributed by atoms with E-state index in [2.05, 4.69) is 10.3 Å². The number of carbonyl (C=O) groups excluding carboxylic acids is 1. The number of amides is 1. The molecule has 0 aliphatic carbocycles. The van der Waals surface area contributed by atoms with Crippen LogP contribution in [0.25, 0.3) is 0 Å². The van der Waals surface area contributed by atoms with Crippen molar-refractivity contribution in [2.75, 3.05) is 40.4 Å². The van der Waals surface area contributed by atoms with Gasteiger partial charge in [0.1, 0.15) is 0 Å². The van der Waals surface area contributed by atoms with Crippen LogP contribution in [0.1, 0.15) is 34.8 Å². The number of ether oxygens (including phenoxy) is 1. The zero-order valence-corrected chi connectivity index (χ0v) is 12.3. The molecular formula is C15H23N3O2. The SMILES string of the molecule is COCCN(C)C(=O)c1ccnc(C2CCNCC2)c1. The van der Waals surface area contributed by atoms with E-state index in [0.717, 1.165) is 31.6 Å². The van der Waals surface area contributed by atoms with Gasteiger partial charge in [-0.3, -0.25) is 9.78 Å². The molecule has 1 aromatic rings. The average molecular weight is 277 g/mol. The van der Waals surface area contributed by atoms with Crippen molar-refractivity contribution in [2.24, 2.45) is 0 Å². The number of methoxy groups -OCH3 is 1. The van der Waals surface area contributed by atoms with Gasteiger partial charge in [0.2, 0.25) is 0 Å². The summed E-state index contributed by atoms with van der Waals surface area (Å²) in [6, 6.07) is 3.73. The summed E-state index contributed by atoms with van der Waals surface area (Å²) in [6.45, 7) is 3.20. The molecule has 5 heteroatoms.